The molecule has 0 bridgehead atoms. The van der Waals surface area contributed by atoms with Crippen LogP contribution < -0.4 is 19.5 Å². The molecular formula is C22H24ClNO7. The lowest BCUT2D eigenvalue weighted by Gasteiger charge is -2.21. The molecule has 1 heterocycles. The minimum absolute atomic E-state index is 0.0894. The van der Waals surface area contributed by atoms with E-state index >= 15 is 0 Å². The molecule has 2 aromatic rings. The molecule has 31 heavy (non-hydrogen) atoms. The van der Waals surface area contributed by atoms with Crippen LogP contribution in [0.2, 0.25) is 5.02 Å². The quantitative estimate of drug-likeness (QED) is 0.575. The summed E-state index contributed by atoms with van der Waals surface area (Å²) in [5, 5.41) is 19.7. The number of hydrogen-bond acceptors (Lipinski definition) is 6. The zero-order valence-electron chi connectivity index (χ0n) is 17.1. The van der Waals surface area contributed by atoms with E-state index in [0.29, 0.717) is 17.2 Å². The number of hydrogen-bond donors (Lipinski definition) is 3. The van der Waals surface area contributed by atoms with Gasteiger partial charge in [-0.1, -0.05) is 11.6 Å². The molecule has 0 saturated carbocycles. The Kier molecular flexibility index (Phi) is 9.17. The summed E-state index contributed by atoms with van der Waals surface area (Å²) in [5.41, 5.74) is 2.34. The first-order valence-corrected chi connectivity index (χ1v) is 9.73. The molecule has 8 nitrogen and oxygen atoms in total. The van der Waals surface area contributed by atoms with Crippen molar-refractivity contribution < 1.29 is 34.0 Å². The van der Waals surface area contributed by atoms with E-state index in [4.69, 9.17) is 36.0 Å². The Morgan fingerprint density at radius 1 is 1.03 bits per heavy atom. The van der Waals surface area contributed by atoms with Crippen LogP contribution in [0.25, 0.3) is 0 Å². The van der Waals surface area contributed by atoms with Crippen LogP contribution in [0.5, 0.6) is 17.2 Å². The minimum atomic E-state index is -1.26. The molecule has 0 saturated heterocycles. The molecule has 3 rings (SSSR count). The maximum absolute atomic E-state index is 9.55. The molecule has 0 spiro atoms. The van der Waals surface area contributed by atoms with Gasteiger partial charge in [-0.25, -0.2) is 9.59 Å². The highest BCUT2D eigenvalue weighted by Crippen LogP contribution is 2.36. The second-order valence-electron chi connectivity index (χ2n) is 6.43. The van der Waals surface area contributed by atoms with E-state index < -0.39 is 11.9 Å². The van der Waals surface area contributed by atoms with Crippen molar-refractivity contribution in [3.05, 3.63) is 64.7 Å². The van der Waals surface area contributed by atoms with E-state index in [-0.39, 0.29) is 6.10 Å². The molecule has 0 amide bonds. The second kappa shape index (κ2) is 11.8. The van der Waals surface area contributed by atoms with Crippen LogP contribution in [0.1, 0.15) is 17.2 Å². The van der Waals surface area contributed by atoms with Gasteiger partial charge < -0.3 is 29.7 Å². The zero-order valence-corrected chi connectivity index (χ0v) is 17.9. The largest absolute Gasteiger partial charge is 0.493 e. The SMILES string of the molecule is COc1cc2c(cc1OC)C(Oc1ccc(Cl)cc1)CNCC2.O=C(O)/C=C\C(=O)O. The van der Waals surface area contributed by atoms with Gasteiger partial charge in [-0.3, -0.25) is 0 Å². The first kappa shape index (κ1) is 24.0. The highest BCUT2D eigenvalue weighted by molar-refractivity contribution is 6.30. The Morgan fingerprint density at radius 3 is 2.16 bits per heavy atom. The molecule has 1 unspecified atom stereocenters. The topological polar surface area (TPSA) is 114 Å². The molecular weight excluding hydrogens is 426 g/mol. The molecule has 0 aliphatic carbocycles. The van der Waals surface area contributed by atoms with Crippen molar-refractivity contribution in [1.29, 1.82) is 0 Å². The molecule has 0 fully saturated rings. The summed E-state index contributed by atoms with van der Waals surface area (Å²) in [6.45, 7) is 1.65. The zero-order chi connectivity index (χ0) is 22.8. The minimum Gasteiger partial charge on any atom is -0.493 e. The van der Waals surface area contributed by atoms with Crippen molar-refractivity contribution in [1.82, 2.24) is 5.32 Å². The number of nitrogens with one attached hydrogen (secondary N) is 1. The molecule has 1 aliphatic rings. The van der Waals surface area contributed by atoms with Gasteiger partial charge in [-0.15, -0.1) is 0 Å². The van der Waals surface area contributed by atoms with Crippen LogP contribution in [-0.4, -0.2) is 49.5 Å². The van der Waals surface area contributed by atoms with Gasteiger partial charge in [0.05, 0.1) is 14.2 Å². The third-order valence-corrected chi connectivity index (χ3v) is 4.61. The maximum Gasteiger partial charge on any atom is 0.328 e. The van der Waals surface area contributed by atoms with Crippen molar-refractivity contribution in [2.45, 2.75) is 12.5 Å². The number of aliphatic carboxylic acids is 2. The van der Waals surface area contributed by atoms with Gasteiger partial charge in [0.2, 0.25) is 0 Å². The fraction of sp³-hybridized carbons (Fsp3) is 0.273. The number of carboxylic acid groups (broad SMARTS) is 2. The van der Waals surface area contributed by atoms with Crippen LogP contribution in [0.15, 0.2) is 48.6 Å². The third-order valence-electron chi connectivity index (χ3n) is 4.35. The monoisotopic (exact) mass is 449 g/mol. The van der Waals surface area contributed by atoms with Crippen molar-refractivity contribution >= 4 is 23.5 Å². The Hall–Kier alpha value is -3.23. The number of fused-ring (bicyclic) bond motifs is 1. The smallest absolute Gasteiger partial charge is 0.328 e. The molecule has 166 valence electrons. The fourth-order valence-corrected chi connectivity index (χ4v) is 3.07. The van der Waals surface area contributed by atoms with E-state index in [9.17, 15) is 9.59 Å². The van der Waals surface area contributed by atoms with Crippen LogP contribution in [0.4, 0.5) is 0 Å². The summed E-state index contributed by atoms with van der Waals surface area (Å²) in [6, 6.07) is 11.5. The second-order valence-corrected chi connectivity index (χ2v) is 6.87. The molecule has 1 aliphatic heterocycles. The van der Waals surface area contributed by atoms with Gasteiger partial charge in [0.1, 0.15) is 11.9 Å². The molecule has 9 heteroatoms. The predicted molar refractivity (Wildman–Crippen MR) is 115 cm³/mol. The van der Waals surface area contributed by atoms with Crippen molar-refractivity contribution in [3.63, 3.8) is 0 Å². The number of halogens is 1. The summed E-state index contributed by atoms with van der Waals surface area (Å²) < 4.78 is 17.0. The van der Waals surface area contributed by atoms with Crippen molar-refractivity contribution in [2.24, 2.45) is 0 Å². The van der Waals surface area contributed by atoms with E-state index in [1.165, 1.54) is 5.56 Å². The summed E-state index contributed by atoms with van der Waals surface area (Å²) in [5.74, 6) is -0.250. The average molecular weight is 450 g/mol. The third kappa shape index (κ3) is 7.51. The number of methoxy groups -OCH3 is 2. The molecule has 3 N–H and O–H groups in total. The van der Waals surface area contributed by atoms with E-state index in [2.05, 4.69) is 5.32 Å². The number of ether oxygens (including phenoxy) is 3. The van der Waals surface area contributed by atoms with Crippen LogP contribution >= 0.6 is 11.6 Å². The number of benzene rings is 2. The number of carboxylic acids is 2. The molecule has 2 aromatic carbocycles. The Balaban J connectivity index is 0.000000366. The fourth-order valence-electron chi connectivity index (χ4n) is 2.94. The van der Waals surface area contributed by atoms with Crippen molar-refractivity contribution in [3.8, 4) is 17.2 Å². The van der Waals surface area contributed by atoms with Crippen LogP contribution in [0, 0.1) is 0 Å². The van der Waals surface area contributed by atoms with E-state index in [0.717, 1.165) is 42.3 Å². The number of carbonyl (C=O) groups is 2. The summed E-state index contributed by atoms with van der Waals surface area (Å²) in [4.78, 5) is 19.1. The normalized spacial score (nSPS) is 15.1. The van der Waals surface area contributed by atoms with E-state index in [1.807, 2.05) is 36.4 Å². The Bertz CT molecular complexity index is 912. The first-order chi connectivity index (χ1) is 14.8. The van der Waals surface area contributed by atoms with Gasteiger partial charge in [-0.05, 0) is 54.9 Å². The standard InChI is InChI=1S/C18H20ClNO3.C4H4O4/c1-21-16-9-12-7-8-20-11-18(15(12)10-17(16)22-2)23-14-5-3-13(19)4-6-14;5-3(6)1-2-4(7)8/h3-6,9-10,18,20H,7-8,11H2,1-2H3;1-2H,(H,5,6)(H,7,8)/b;2-1-. The molecule has 0 aromatic heterocycles. The van der Waals surface area contributed by atoms with Crippen LogP contribution in [-0.2, 0) is 16.0 Å². The lowest BCUT2D eigenvalue weighted by Crippen LogP contribution is -2.23. The predicted octanol–water partition coefficient (Wildman–Crippen LogP) is 3.33. The maximum atomic E-state index is 9.55. The lowest BCUT2D eigenvalue weighted by atomic mass is 10.00. The van der Waals surface area contributed by atoms with Gasteiger partial charge in [-0.2, -0.15) is 0 Å². The first-order valence-electron chi connectivity index (χ1n) is 9.35. The van der Waals surface area contributed by atoms with E-state index in [1.54, 1.807) is 14.2 Å². The average Bonchev–Trinajstić information content (AvgIpc) is 2.95. The number of rotatable bonds is 6. The summed E-state index contributed by atoms with van der Waals surface area (Å²) in [7, 11) is 3.30. The summed E-state index contributed by atoms with van der Waals surface area (Å²) in [6.07, 6.45) is 1.95. The lowest BCUT2D eigenvalue weighted by molar-refractivity contribution is -0.134. The highest BCUT2D eigenvalue weighted by Gasteiger charge is 2.23. The van der Waals surface area contributed by atoms with Gasteiger partial charge in [0.15, 0.2) is 11.5 Å². The highest BCUT2D eigenvalue weighted by atomic mass is 35.5. The van der Waals surface area contributed by atoms with Gasteiger partial charge >= 0.3 is 11.9 Å². The summed E-state index contributed by atoms with van der Waals surface area (Å²) >= 11 is 5.94. The van der Waals surface area contributed by atoms with Crippen LogP contribution in [0.3, 0.4) is 0 Å². The Morgan fingerprint density at radius 2 is 1.61 bits per heavy atom. The molecule has 0 radical (unpaired) electrons. The van der Waals surface area contributed by atoms with Crippen molar-refractivity contribution in [2.75, 3.05) is 27.3 Å². The van der Waals surface area contributed by atoms with Gasteiger partial charge in [0.25, 0.3) is 0 Å². The van der Waals surface area contributed by atoms with Gasteiger partial charge in [0, 0.05) is 29.3 Å². The molecule has 1 atom stereocenters. The Labute approximate surface area is 185 Å².